The average Bonchev–Trinajstić information content (AvgIpc) is 3.09. The molecule has 1 aromatic carbocycles. The van der Waals surface area contributed by atoms with Crippen molar-refractivity contribution in [3.63, 3.8) is 0 Å². The number of nitriles is 1. The van der Waals surface area contributed by atoms with Gasteiger partial charge < -0.3 is 0 Å². The lowest BCUT2D eigenvalue weighted by atomic mass is 10.1. The molecular weight excluding hydrogens is 432 g/mol. The van der Waals surface area contributed by atoms with Crippen LogP contribution in [0.25, 0.3) is 5.69 Å². The highest BCUT2D eigenvalue weighted by Gasteiger charge is 2.36. The van der Waals surface area contributed by atoms with Crippen LogP contribution >= 0.6 is 26.6 Å². The van der Waals surface area contributed by atoms with E-state index in [1.165, 1.54) is 15.8 Å². The van der Waals surface area contributed by atoms with Crippen molar-refractivity contribution >= 4 is 47.4 Å². The highest BCUT2D eigenvalue weighted by Crippen LogP contribution is 2.31. The molecule has 0 saturated carbocycles. The van der Waals surface area contributed by atoms with E-state index in [0.717, 1.165) is 4.47 Å². The fraction of sp³-hybridized carbons (Fsp3) is 0.267. The van der Waals surface area contributed by atoms with Crippen LogP contribution < -0.4 is 4.90 Å². The van der Waals surface area contributed by atoms with E-state index >= 15 is 0 Å². The number of aromatic nitrogens is 2. The van der Waals surface area contributed by atoms with Gasteiger partial charge in [0.15, 0.2) is 5.82 Å². The van der Waals surface area contributed by atoms with E-state index in [4.69, 9.17) is 10.7 Å². The lowest BCUT2D eigenvalue weighted by molar-refractivity contribution is -0.117. The number of carbonyl (C=O) groups excluding carboxylic acids is 1. The van der Waals surface area contributed by atoms with Gasteiger partial charge in [-0.2, -0.15) is 10.4 Å². The van der Waals surface area contributed by atoms with E-state index in [9.17, 15) is 18.5 Å². The number of rotatable bonds is 4. The number of carbonyl (C=O) groups is 1. The molecule has 0 aliphatic carbocycles. The van der Waals surface area contributed by atoms with E-state index in [1.54, 1.807) is 12.1 Å². The fourth-order valence-electron chi connectivity index (χ4n) is 2.83. The maximum atomic E-state index is 12.4. The summed E-state index contributed by atoms with van der Waals surface area (Å²) >= 11 is 3.35. The number of hydrogen-bond donors (Lipinski definition) is 0. The average molecular weight is 444 g/mol. The summed E-state index contributed by atoms with van der Waals surface area (Å²) in [6.07, 6.45) is 1.44. The second-order valence-corrected chi connectivity index (χ2v) is 9.40. The highest BCUT2D eigenvalue weighted by molar-refractivity contribution is 9.10. The van der Waals surface area contributed by atoms with Crippen LogP contribution in [-0.2, 0) is 13.8 Å². The third kappa shape index (κ3) is 3.86. The quantitative estimate of drug-likeness (QED) is 0.676. The van der Waals surface area contributed by atoms with Crippen molar-refractivity contribution in [2.45, 2.75) is 6.42 Å². The minimum Gasteiger partial charge on any atom is -0.295 e. The Labute approximate surface area is 157 Å². The Morgan fingerprint density at radius 1 is 1.36 bits per heavy atom. The van der Waals surface area contributed by atoms with Gasteiger partial charge in [0, 0.05) is 34.0 Å². The van der Waals surface area contributed by atoms with Crippen molar-refractivity contribution in [2.75, 3.05) is 17.2 Å². The van der Waals surface area contributed by atoms with Gasteiger partial charge in [-0.3, -0.25) is 9.69 Å². The van der Waals surface area contributed by atoms with Gasteiger partial charge >= 0.3 is 0 Å². The third-order valence-electron chi connectivity index (χ3n) is 3.83. The molecule has 2 aromatic rings. The second-order valence-electron chi connectivity index (χ2n) is 5.66. The molecule has 1 saturated heterocycles. The van der Waals surface area contributed by atoms with Crippen LogP contribution in [-0.4, -0.2) is 36.4 Å². The minimum absolute atomic E-state index is 0.0579. The first-order valence-corrected chi connectivity index (χ1v) is 10.5. The summed E-state index contributed by atoms with van der Waals surface area (Å²) in [5, 5.41) is 13.6. The van der Waals surface area contributed by atoms with Crippen LogP contribution in [0.3, 0.4) is 0 Å². The van der Waals surface area contributed by atoms with Crippen molar-refractivity contribution in [1.29, 1.82) is 5.26 Å². The number of benzene rings is 1. The molecular formula is C15H12BrClN4O3S. The zero-order chi connectivity index (χ0) is 18.2. The summed E-state index contributed by atoms with van der Waals surface area (Å²) in [5.41, 5.74) is 0.923. The van der Waals surface area contributed by atoms with Crippen molar-refractivity contribution in [3.05, 3.63) is 40.5 Å². The SMILES string of the molecule is N#Cc1cnn(-c2ccc(Br)cc2)c1N1CC(CS(=O)(=O)Cl)CC1=O. The lowest BCUT2D eigenvalue weighted by Gasteiger charge is -2.18. The van der Waals surface area contributed by atoms with E-state index in [1.807, 2.05) is 18.2 Å². The van der Waals surface area contributed by atoms with Crippen molar-refractivity contribution in [2.24, 2.45) is 5.92 Å². The molecule has 1 unspecified atom stereocenters. The molecule has 1 fully saturated rings. The Morgan fingerprint density at radius 3 is 2.64 bits per heavy atom. The molecule has 0 radical (unpaired) electrons. The van der Waals surface area contributed by atoms with E-state index in [-0.39, 0.29) is 30.2 Å². The molecule has 0 bridgehead atoms. The molecule has 2 heterocycles. The number of halogens is 2. The van der Waals surface area contributed by atoms with Gasteiger partial charge in [-0.15, -0.1) is 0 Å². The topological polar surface area (TPSA) is 96.1 Å². The van der Waals surface area contributed by atoms with Gasteiger partial charge in [0.2, 0.25) is 15.0 Å². The number of hydrogen-bond acceptors (Lipinski definition) is 5. The molecule has 3 rings (SSSR count). The maximum Gasteiger partial charge on any atom is 0.232 e. The van der Waals surface area contributed by atoms with Crippen molar-refractivity contribution in [1.82, 2.24) is 9.78 Å². The van der Waals surface area contributed by atoms with Crippen LogP contribution in [0.5, 0.6) is 0 Å². The van der Waals surface area contributed by atoms with Gasteiger partial charge in [-0.25, -0.2) is 13.1 Å². The summed E-state index contributed by atoms with van der Waals surface area (Å²) < 4.78 is 25.0. The Balaban J connectivity index is 1.99. The van der Waals surface area contributed by atoms with Gasteiger partial charge in [0.1, 0.15) is 11.6 Å². The zero-order valence-electron chi connectivity index (χ0n) is 12.8. The van der Waals surface area contributed by atoms with Crippen LogP contribution in [0.4, 0.5) is 5.82 Å². The van der Waals surface area contributed by atoms with Crippen LogP contribution in [0.2, 0.25) is 0 Å². The summed E-state index contributed by atoms with van der Waals surface area (Å²) in [5.74, 6) is -0.634. The Kier molecular flexibility index (Phi) is 4.86. The van der Waals surface area contributed by atoms with Gasteiger partial charge in [0.25, 0.3) is 0 Å². The first kappa shape index (κ1) is 17.9. The molecule has 1 aliphatic heterocycles. The summed E-state index contributed by atoms with van der Waals surface area (Å²) in [6.45, 7) is 0.168. The summed E-state index contributed by atoms with van der Waals surface area (Å²) in [7, 11) is 1.60. The fourth-order valence-corrected chi connectivity index (χ4v) is 4.42. The Morgan fingerprint density at radius 2 is 2.04 bits per heavy atom. The number of amides is 1. The van der Waals surface area contributed by atoms with Gasteiger partial charge in [-0.1, -0.05) is 15.9 Å². The Bertz CT molecular complexity index is 966. The van der Waals surface area contributed by atoms with E-state index < -0.39 is 15.0 Å². The maximum absolute atomic E-state index is 12.4. The van der Waals surface area contributed by atoms with Crippen LogP contribution in [0.15, 0.2) is 34.9 Å². The minimum atomic E-state index is -3.71. The molecule has 1 atom stereocenters. The molecule has 0 N–H and O–H groups in total. The normalized spacial score (nSPS) is 17.7. The standard InChI is InChI=1S/C15H12BrClN4O3S/c16-12-1-3-13(4-2-12)21-15(11(6-18)7-19-21)20-8-10(5-14(20)22)9-25(17,23)24/h1-4,7,10H,5,8-9H2. The van der Waals surface area contributed by atoms with Crippen LogP contribution in [0.1, 0.15) is 12.0 Å². The van der Waals surface area contributed by atoms with E-state index in [0.29, 0.717) is 11.5 Å². The molecule has 1 amide bonds. The second kappa shape index (κ2) is 6.78. The monoisotopic (exact) mass is 442 g/mol. The van der Waals surface area contributed by atoms with Gasteiger partial charge in [-0.05, 0) is 24.3 Å². The van der Waals surface area contributed by atoms with E-state index in [2.05, 4.69) is 21.0 Å². The molecule has 1 aromatic heterocycles. The molecule has 25 heavy (non-hydrogen) atoms. The number of anilines is 1. The van der Waals surface area contributed by atoms with Gasteiger partial charge in [0.05, 0.1) is 17.6 Å². The Hall–Kier alpha value is -1.89. The predicted molar refractivity (Wildman–Crippen MR) is 96.1 cm³/mol. The predicted octanol–water partition coefficient (Wildman–Crippen LogP) is 2.43. The third-order valence-corrected chi connectivity index (χ3v) is 5.61. The van der Waals surface area contributed by atoms with Crippen molar-refractivity contribution < 1.29 is 13.2 Å². The lowest BCUT2D eigenvalue weighted by Crippen LogP contribution is -2.28. The summed E-state index contributed by atoms with van der Waals surface area (Å²) in [6, 6.07) is 9.26. The van der Waals surface area contributed by atoms with Crippen LogP contribution in [0, 0.1) is 17.2 Å². The highest BCUT2D eigenvalue weighted by atomic mass is 79.9. The largest absolute Gasteiger partial charge is 0.295 e. The zero-order valence-corrected chi connectivity index (χ0v) is 15.9. The summed E-state index contributed by atoms with van der Waals surface area (Å²) in [4.78, 5) is 13.8. The first-order chi connectivity index (χ1) is 11.8. The first-order valence-electron chi connectivity index (χ1n) is 7.25. The van der Waals surface area contributed by atoms with Crippen molar-refractivity contribution in [3.8, 4) is 11.8 Å². The molecule has 130 valence electrons. The molecule has 0 spiro atoms. The molecule has 1 aliphatic rings. The molecule has 7 nitrogen and oxygen atoms in total. The number of nitrogens with zero attached hydrogens (tertiary/aromatic N) is 4. The smallest absolute Gasteiger partial charge is 0.232 e. The molecule has 10 heteroatoms.